The van der Waals surface area contributed by atoms with E-state index in [1.807, 2.05) is 6.07 Å². The number of nitrogens with one attached hydrogen (secondary N) is 1. The van der Waals surface area contributed by atoms with Crippen LogP contribution < -0.4 is 5.32 Å². The van der Waals surface area contributed by atoms with Crippen LogP contribution in [0.2, 0.25) is 0 Å². The molecule has 0 saturated carbocycles. The van der Waals surface area contributed by atoms with Crippen LogP contribution in [0, 0.1) is 24.0 Å². The third kappa shape index (κ3) is 3.43. The van der Waals surface area contributed by atoms with Crippen LogP contribution in [-0.2, 0) is 17.9 Å². The quantitative estimate of drug-likeness (QED) is 0.525. The Hall–Kier alpha value is -3.56. The van der Waals surface area contributed by atoms with Gasteiger partial charge in [0, 0.05) is 30.7 Å². The summed E-state index contributed by atoms with van der Waals surface area (Å²) in [5.74, 6) is 0.320. The average Bonchev–Trinajstić information content (AvgIpc) is 3.22. The number of hydrogen-bond donors (Lipinski definition) is 1. The van der Waals surface area contributed by atoms with E-state index in [1.54, 1.807) is 49.3 Å². The molecule has 0 aliphatic rings. The molecular formula is C16H17N7O3. The molecule has 0 unspecified atom stereocenters. The van der Waals surface area contributed by atoms with Gasteiger partial charge in [0.2, 0.25) is 5.91 Å². The van der Waals surface area contributed by atoms with Gasteiger partial charge in [-0.25, -0.2) is 9.67 Å². The lowest BCUT2D eigenvalue weighted by atomic mass is 10.2. The number of nitrogens with zero attached hydrogens (tertiary/aromatic N) is 6. The van der Waals surface area contributed by atoms with E-state index in [9.17, 15) is 14.9 Å². The molecule has 0 spiro atoms. The first-order chi connectivity index (χ1) is 12.5. The Morgan fingerprint density at radius 3 is 2.77 bits per heavy atom. The van der Waals surface area contributed by atoms with Crippen molar-refractivity contribution in [1.29, 1.82) is 0 Å². The van der Waals surface area contributed by atoms with Crippen LogP contribution in [0.5, 0.6) is 0 Å². The van der Waals surface area contributed by atoms with Gasteiger partial charge in [0.15, 0.2) is 5.82 Å². The molecule has 3 aromatic rings. The first-order valence-electron chi connectivity index (χ1n) is 7.86. The maximum absolute atomic E-state index is 12.2. The minimum Gasteiger partial charge on any atom is -0.350 e. The summed E-state index contributed by atoms with van der Waals surface area (Å²) in [6.45, 7) is 3.27. The number of aryl methyl sites for hydroxylation is 1. The van der Waals surface area contributed by atoms with Gasteiger partial charge in [-0.05, 0) is 26.0 Å². The molecule has 3 heterocycles. The predicted molar refractivity (Wildman–Crippen MR) is 91.6 cm³/mol. The number of amides is 1. The van der Waals surface area contributed by atoms with E-state index in [2.05, 4.69) is 20.5 Å². The molecule has 0 aliphatic heterocycles. The maximum atomic E-state index is 12.2. The number of carbonyl (C=O) groups excluding carboxylic acids is 1. The molecule has 1 amide bonds. The highest BCUT2D eigenvalue weighted by atomic mass is 16.6. The van der Waals surface area contributed by atoms with Gasteiger partial charge >= 0.3 is 5.69 Å². The van der Waals surface area contributed by atoms with Gasteiger partial charge in [-0.2, -0.15) is 10.2 Å². The normalized spacial score (nSPS) is 10.7. The molecule has 1 N–H and O–H groups in total. The molecule has 0 fully saturated rings. The summed E-state index contributed by atoms with van der Waals surface area (Å²) >= 11 is 0. The monoisotopic (exact) mass is 355 g/mol. The summed E-state index contributed by atoms with van der Waals surface area (Å²) in [7, 11) is 0. The van der Waals surface area contributed by atoms with Gasteiger partial charge in [-0.1, -0.05) is 6.07 Å². The van der Waals surface area contributed by atoms with Crippen molar-refractivity contribution < 1.29 is 9.72 Å². The largest absolute Gasteiger partial charge is 0.350 e. The first kappa shape index (κ1) is 17.3. The molecule has 0 radical (unpaired) electrons. The molecule has 0 bridgehead atoms. The molecular weight excluding hydrogens is 338 g/mol. The summed E-state index contributed by atoms with van der Waals surface area (Å²) in [6, 6.07) is 5.41. The highest BCUT2D eigenvalue weighted by Crippen LogP contribution is 2.21. The molecule has 3 rings (SSSR count). The van der Waals surface area contributed by atoms with Crippen molar-refractivity contribution in [3.63, 3.8) is 0 Å². The zero-order chi connectivity index (χ0) is 18.7. The lowest BCUT2D eigenvalue weighted by molar-refractivity contribution is -0.386. The van der Waals surface area contributed by atoms with Crippen molar-refractivity contribution in [1.82, 2.24) is 29.9 Å². The number of aromatic nitrogens is 5. The number of carbonyl (C=O) groups is 1. The van der Waals surface area contributed by atoms with E-state index in [0.717, 1.165) is 5.56 Å². The lowest BCUT2D eigenvalue weighted by Gasteiger charge is -2.10. The predicted octanol–water partition coefficient (Wildman–Crippen LogP) is 1.31. The second kappa shape index (κ2) is 7.13. The fourth-order valence-electron chi connectivity index (χ4n) is 2.66. The van der Waals surface area contributed by atoms with Crippen molar-refractivity contribution in [2.75, 3.05) is 0 Å². The van der Waals surface area contributed by atoms with Gasteiger partial charge in [0.05, 0.1) is 4.92 Å². The Morgan fingerprint density at radius 2 is 2.12 bits per heavy atom. The fraction of sp³-hybridized carbons (Fsp3) is 0.250. The molecule has 10 nitrogen and oxygen atoms in total. The fourth-order valence-corrected chi connectivity index (χ4v) is 2.66. The van der Waals surface area contributed by atoms with Gasteiger partial charge in [-0.3, -0.25) is 19.6 Å². The highest BCUT2D eigenvalue weighted by Gasteiger charge is 2.22. The summed E-state index contributed by atoms with van der Waals surface area (Å²) in [6.07, 6.45) is 5.06. The molecule has 10 heteroatoms. The van der Waals surface area contributed by atoms with Crippen LogP contribution in [-0.4, -0.2) is 35.4 Å². The zero-order valence-electron chi connectivity index (χ0n) is 14.3. The second-order valence-electron chi connectivity index (χ2n) is 5.65. The van der Waals surface area contributed by atoms with Gasteiger partial charge in [-0.15, -0.1) is 0 Å². The summed E-state index contributed by atoms with van der Waals surface area (Å²) in [4.78, 5) is 27.1. The summed E-state index contributed by atoms with van der Waals surface area (Å²) < 4.78 is 2.95. The summed E-state index contributed by atoms with van der Waals surface area (Å²) in [5.41, 5.74) is 1.37. The van der Waals surface area contributed by atoms with Gasteiger partial charge in [0.25, 0.3) is 0 Å². The van der Waals surface area contributed by atoms with Crippen LogP contribution in [0.25, 0.3) is 5.82 Å². The smallest absolute Gasteiger partial charge is 0.312 e. The highest BCUT2D eigenvalue weighted by molar-refractivity contribution is 5.76. The minimum atomic E-state index is -0.488. The maximum Gasteiger partial charge on any atom is 0.312 e. The second-order valence-corrected chi connectivity index (χ2v) is 5.65. The molecule has 0 aliphatic carbocycles. The van der Waals surface area contributed by atoms with Crippen LogP contribution in [0.3, 0.4) is 0 Å². The Bertz CT molecular complexity index is 947. The Morgan fingerprint density at radius 1 is 1.31 bits per heavy atom. The van der Waals surface area contributed by atoms with E-state index in [0.29, 0.717) is 11.5 Å². The number of rotatable bonds is 6. The van der Waals surface area contributed by atoms with Gasteiger partial charge in [0.1, 0.15) is 17.9 Å². The third-order valence-corrected chi connectivity index (χ3v) is 3.88. The van der Waals surface area contributed by atoms with Crippen molar-refractivity contribution in [3.8, 4) is 5.82 Å². The minimum absolute atomic E-state index is 0.0639. The zero-order valence-corrected chi connectivity index (χ0v) is 14.3. The Balaban J connectivity index is 1.70. The van der Waals surface area contributed by atoms with E-state index >= 15 is 0 Å². The van der Waals surface area contributed by atoms with Crippen molar-refractivity contribution in [3.05, 3.63) is 63.9 Å². The van der Waals surface area contributed by atoms with Crippen molar-refractivity contribution >= 4 is 11.6 Å². The molecule has 134 valence electrons. The average molecular weight is 355 g/mol. The Labute approximate surface area is 148 Å². The van der Waals surface area contributed by atoms with Crippen LogP contribution in [0.4, 0.5) is 5.69 Å². The van der Waals surface area contributed by atoms with Crippen LogP contribution >= 0.6 is 0 Å². The third-order valence-electron chi connectivity index (χ3n) is 3.88. The molecule has 3 aromatic heterocycles. The van der Waals surface area contributed by atoms with E-state index in [1.165, 1.54) is 4.68 Å². The molecule has 26 heavy (non-hydrogen) atoms. The van der Waals surface area contributed by atoms with E-state index in [4.69, 9.17) is 0 Å². The molecule has 0 saturated heterocycles. The topological polar surface area (TPSA) is 121 Å². The molecule has 0 aromatic carbocycles. The standard InChI is InChI=1S/C16H17N7O3/c1-11-15(23(25)26)12(2)22(20-11)10-14(24)18-9-13-5-3-6-17-16(13)21-8-4-7-19-21/h3-8H,9-10H2,1-2H3,(H,18,24). The van der Waals surface area contributed by atoms with E-state index < -0.39 is 4.92 Å². The van der Waals surface area contributed by atoms with Crippen molar-refractivity contribution in [2.24, 2.45) is 0 Å². The van der Waals surface area contributed by atoms with Gasteiger partial charge < -0.3 is 5.32 Å². The number of pyridine rings is 1. The number of nitro groups is 1. The SMILES string of the molecule is Cc1nn(CC(=O)NCc2cccnc2-n2cccn2)c(C)c1[N+](=O)[O-]. The number of hydrogen-bond acceptors (Lipinski definition) is 6. The molecule has 0 atom stereocenters. The van der Waals surface area contributed by atoms with Crippen molar-refractivity contribution in [2.45, 2.75) is 26.9 Å². The van der Waals surface area contributed by atoms with Crippen LogP contribution in [0.15, 0.2) is 36.8 Å². The first-order valence-corrected chi connectivity index (χ1v) is 7.86. The Kier molecular flexibility index (Phi) is 4.74. The summed E-state index contributed by atoms with van der Waals surface area (Å²) in [5, 5.41) is 22.0. The van der Waals surface area contributed by atoms with Crippen LogP contribution in [0.1, 0.15) is 17.0 Å². The van der Waals surface area contributed by atoms with E-state index in [-0.39, 0.29) is 30.4 Å². The lowest BCUT2D eigenvalue weighted by Crippen LogP contribution is -2.28.